The van der Waals surface area contributed by atoms with Gasteiger partial charge < -0.3 is 9.52 Å². The average Bonchev–Trinajstić information content (AvgIpc) is 2.83. The van der Waals surface area contributed by atoms with Gasteiger partial charge in [-0.1, -0.05) is 13.3 Å². The van der Waals surface area contributed by atoms with Gasteiger partial charge in [-0.3, -0.25) is 0 Å². The highest BCUT2D eigenvalue weighted by atomic mass is 32.1. The number of rotatable bonds is 4. The van der Waals surface area contributed by atoms with Gasteiger partial charge in [-0.05, 0) is 20.3 Å². The number of nitrogens with zero attached hydrogens (tertiary/aromatic N) is 2. The molecular weight excluding hydrogens is 252 g/mol. The summed E-state index contributed by atoms with van der Waals surface area (Å²) in [6.45, 7) is 5.74. The van der Waals surface area contributed by atoms with Crippen LogP contribution in [-0.2, 0) is 6.42 Å². The third kappa shape index (κ3) is 2.28. The molecule has 0 aliphatic heterocycles. The van der Waals surface area contributed by atoms with Gasteiger partial charge in [0, 0.05) is 0 Å². The second-order valence-electron chi connectivity index (χ2n) is 4.00. The summed E-state index contributed by atoms with van der Waals surface area (Å²) < 4.78 is 5.37. The SMILES string of the molecule is CCCc1nc(-c2sc(C)nc2C)oc1C(=O)O. The van der Waals surface area contributed by atoms with E-state index >= 15 is 0 Å². The molecule has 1 N–H and O–H groups in total. The normalized spacial score (nSPS) is 10.8. The second-order valence-corrected chi connectivity index (χ2v) is 5.20. The highest BCUT2D eigenvalue weighted by Crippen LogP contribution is 2.30. The predicted molar refractivity (Wildman–Crippen MR) is 68.0 cm³/mol. The molecule has 6 heteroatoms. The smallest absolute Gasteiger partial charge is 0.373 e. The maximum atomic E-state index is 11.1. The molecule has 0 saturated heterocycles. The van der Waals surface area contributed by atoms with Crippen LogP contribution in [0.4, 0.5) is 0 Å². The molecule has 5 nitrogen and oxygen atoms in total. The van der Waals surface area contributed by atoms with Crippen LogP contribution in [0.15, 0.2) is 4.42 Å². The minimum Gasteiger partial charge on any atom is -0.475 e. The average molecular weight is 266 g/mol. The monoisotopic (exact) mass is 266 g/mol. The molecule has 0 atom stereocenters. The molecule has 2 aromatic heterocycles. The lowest BCUT2D eigenvalue weighted by molar-refractivity contribution is 0.0661. The van der Waals surface area contributed by atoms with Gasteiger partial charge in [0.05, 0.1) is 16.4 Å². The van der Waals surface area contributed by atoms with Crippen molar-refractivity contribution in [3.05, 3.63) is 22.2 Å². The summed E-state index contributed by atoms with van der Waals surface area (Å²) in [4.78, 5) is 20.5. The molecule has 2 heterocycles. The number of carboxylic acid groups (broad SMARTS) is 1. The number of aromatic carboxylic acids is 1. The van der Waals surface area contributed by atoms with Crippen LogP contribution in [0.3, 0.4) is 0 Å². The van der Waals surface area contributed by atoms with Gasteiger partial charge in [-0.15, -0.1) is 11.3 Å². The Hall–Kier alpha value is -1.69. The molecule has 0 spiro atoms. The summed E-state index contributed by atoms with van der Waals surface area (Å²) >= 11 is 1.46. The quantitative estimate of drug-likeness (QED) is 0.920. The lowest BCUT2D eigenvalue weighted by atomic mass is 10.2. The van der Waals surface area contributed by atoms with Crippen LogP contribution in [-0.4, -0.2) is 21.0 Å². The van der Waals surface area contributed by atoms with Crippen molar-refractivity contribution in [2.75, 3.05) is 0 Å². The van der Waals surface area contributed by atoms with Gasteiger partial charge in [-0.2, -0.15) is 0 Å². The zero-order valence-electron chi connectivity index (χ0n) is 10.5. The topological polar surface area (TPSA) is 76.2 Å². The highest BCUT2D eigenvalue weighted by Gasteiger charge is 2.22. The maximum Gasteiger partial charge on any atom is 0.373 e. The number of carboxylic acids is 1. The summed E-state index contributed by atoms with van der Waals surface area (Å²) in [6.07, 6.45) is 1.43. The van der Waals surface area contributed by atoms with E-state index < -0.39 is 5.97 Å². The molecule has 0 aliphatic rings. The lowest BCUT2D eigenvalue weighted by Crippen LogP contribution is -1.99. The molecular formula is C12H14N2O3S. The zero-order chi connectivity index (χ0) is 13.3. The van der Waals surface area contributed by atoms with E-state index in [1.807, 2.05) is 20.8 Å². The third-order valence-electron chi connectivity index (χ3n) is 2.48. The van der Waals surface area contributed by atoms with E-state index in [0.29, 0.717) is 18.0 Å². The number of aromatic nitrogens is 2. The first kappa shape index (κ1) is 12.8. The molecule has 0 aromatic carbocycles. The number of oxazole rings is 1. The van der Waals surface area contributed by atoms with Crippen LogP contribution in [0, 0.1) is 13.8 Å². The molecule has 0 unspecified atom stereocenters. The minimum absolute atomic E-state index is 0.0581. The van der Waals surface area contributed by atoms with Crippen molar-refractivity contribution in [2.45, 2.75) is 33.6 Å². The molecule has 0 bridgehead atoms. The highest BCUT2D eigenvalue weighted by molar-refractivity contribution is 7.15. The van der Waals surface area contributed by atoms with E-state index in [0.717, 1.165) is 22.0 Å². The largest absolute Gasteiger partial charge is 0.475 e. The second kappa shape index (κ2) is 4.89. The first-order valence-corrected chi connectivity index (χ1v) is 6.52. The Morgan fingerprint density at radius 2 is 2.11 bits per heavy atom. The van der Waals surface area contributed by atoms with E-state index in [9.17, 15) is 4.79 Å². The van der Waals surface area contributed by atoms with Gasteiger partial charge in [-0.25, -0.2) is 14.8 Å². The van der Waals surface area contributed by atoms with Crippen LogP contribution >= 0.6 is 11.3 Å². The van der Waals surface area contributed by atoms with Crippen molar-refractivity contribution in [2.24, 2.45) is 0 Å². The maximum absolute atomic E-state index is 11.1. The Morgan fingerprint density at radius 3 is 2.61 bits per heavy atom. The fourth-order valence-corrected chi connectivity index (χ4v) is 2.60. The molecule has 2 rings (SSSR count). The number of hydrogen-bond acceptors (Lipinski definition) is 5. The lowest BCUT2D eigenvalue weighted by Gasteiger charge is -1.91. The molecule has 0 amide bonds. The fourth-order valence-electron chi connectivity index (χ4n) is 1.75. The summed E-state index contributed by atoms with van der Waals surface area (Å²) in [6, 6.07) is 0. The van der Waals surface area contributed by atoms with Crippen LogP contribution < -0.4 is 0 Å². The van der Waals surface area contributed by atoms with E-state index in [4.69, 9.17) is 9.52 Å². The van der Waals surface area contributed by atoms with E-state index in [2.05, 4.69) is 9.97 Å². The molecule has 96 valence electrons. The van der Waals surface area contributed by atoms with Gasteiger partial charge in [0.25, 0.3) is 0 Å². The molecule has 2 aromatic rings. The summed E-state index contributed by atoms with van der Waals surface area (Å²) in [5.41, 5.74) is 1.32. The van der Waals surface area contributed by atoms with E-state index in [-0.39, 0.29) is 5.76 Å². The summed E-state index contributed by atoms with van der Waals surface area (Å²) in [5.74, 6) is -0.771. The Balaban J connectivity index is 2.49. The first-order chi connectivity index (χ1) is 8.52. The van der Waals surface area contributed by atoms with Crippen molar-refractivity contribution < 1.29 is 14.3 Å². The molecule has 0 radical (unpaired) electrons. The Bertz CT molecular complexity index is 586. The van der Waals surface area contributed by atoms with Crippen molar-refractivity contribution in [3.8, 4) is 10.8 Å². The van der Waals surface area contributed by atoms with Gasteiger partial charge in [0.2, 0.25) is 11.7 Å². The zero-order valence-corrected chi connectivity index (χ0v) is 11.3. The van der Waals surface area contributed by atoms with Gasteiger partial charge in [0.1, 0.15) is 4.88 Å². The van der Waals surface area contributed by atoms with Crippen molar-refractivity contribution in [3.63, 3.8) is 0 Å². The predicted octanol–water partition coefficient (Wildman–Crippen LogP) is 3.07. The molecule has 0 fully saturated rings. The number of thiazole rings is 1. The van der Waals surface area contributed by atoms with Gasteiger partial charge in [0.15, 0.2) is 0 Å². The van der Waals surface area contributed by atoms with Crippen LogP contribution in [0.5, 0.6) is 0 Å². The van der Waals surface area contributed by atoms with E-state index in [1.54, 1.807) is 0 Å². The Labute approximate surface area is 109 Å². The number of aryl methyl sites for hydroxylation is 3. The van der Waals surface area contributed by atoms with Crippen LogP contribution in [0.25, 0.3) is 10.8 Å². The molecule has 0 saturated carbocycles. The number of hydrogen-bond donors (Lipinski definition) is 1. The van der Waals surface area contributed by atoms with Crippen molar-refractivity contribution in [1.29, 1.82) is 0 Å². The Morgan fingerprint density at radius 1 is 1.39 bits per heavy atom. The van der Waals surface area contributed by atoms with Gasteiger partial charge >= 0.3 is 5.97 Å². The Kier molecular flexibility index (Phi) is 3.47. The minimum atomic E-state index is -1.07. The van der Waals surface area contributed by atoms with Crippen molar-refractivity contribution in [1.82, 2.24) is 9.97 Å². The van der Waals surface area contributed by atoms with Crippen molar-refractivity contribution >= 4 is 17.3 Å². The van der Waals surface area contributed by atoms with Crippen LogP contribution in [0.2, 0.25) is 0 Å². The summed E-state index contributed by atoms with van der Waals surface area (Å²) in [7, 11) is 0. The molecule has 0 aliphatic carbocycles. The third-order valence-corrected chi connectivity index (χ3v) is 3.54. The molecule has 18 heavy (non-hydrogen) atoms. The van der Waals surface area contributed by atoms with Crippen LogP contribution in [0.1, 0.15) is 40.3 Å². The standard InChI is InChI=1S/C12H14N2O3S/c1-4-5-8-9(12(15)16)17-11(14-8)10-6(2)13-7(3)18-10/h4-5H2,1-3H3,(H,15,16). The fraction of sp³-hybridized carbons (Fsp3) is 0.417. The number of carbonyl (C=O) groups is 1. The van der Waals surface area contributed by atoms with E-state index in [1.165, 1.54) is 11.3 Å². The first-order valence-electron chi connectivity index (χ1n) is 5.70. The summed E-state index contributed by atoms with van der Waals surface area (Å²) in [5, 5.41) is 9.99.